The number of thioether (sulfide) groups is 1. The van der Waals surface area contributed by atoms with Crippen molar-refractivity contribution in [2.45, 2.75) is 29.8 Å². The molecule has 2 aromatic carbocycles. The Bertz CT molecular complexity index is 757. The maximum atomic E-state index is 13.4. The Morgan fingerprint density at radius 2 is 1.83 bits per heavy atom. The second kappa shape index (κ2) is 7.79. The molecule has 1 saturated heterocycles. The van der Waals surface area contributed by atoms with Gasteiger partial charge in [-0.3, -0.25) is 4.79 Å². The lowest BCUT2D eigenvalue weighted by molar-refractivity contribution is 0.103. The molecule has 1 fully saturated rings. The van der Waals surface area contributed by atoms with E-state index in [9.17, 15) is 13.6 Å². The summed E-state index contributed by atoms with van der Waals surface area (Å²) in [7, 11) is 0. The Morgan fingerprint density at radius 3 is 2.50 bits per heavy atom. The van der Waals surface area contributed by atoms with Gasteiger partial charge in [0.1, 0.15) is 0 Å². The van der Waals surface area contributed by atoms with Crippen molar-refractivity contribution in [2.75, 3.05) is 5.75 Å². The Hall–Kier alpha value is -1.20. The fourth-order valence-corrected chi connectivity index (χ4v) is 4.85. The molecule has 0 amide bonds. The molecule has 0 saturated carbocycles. The zero-order valence-electron chi connectivity index (χ0n) is 13.0. The van der Waals surface area contributed by atoms with E-state index in [0.29, 0.717) is 10.8 Å². The van der Waals surface area contributed by atoms with E-state index in [-0.39, 0.29) is 11.3 Å². The van der Waals surface area contributed by atoms with Crippen molar-refractivity contribution in [3.05, 3.63) is 70.3 Å². The van der Waals surface area contributed by atoms with E-state index >= 15 is 0 Å². The second-order valence-electron chi connectivity index (χ2n) is 5.86. The van der Waals surface area contributed by atoms with Crippen LogP contribution in [0.25, 0.3) is 0 Å². The quantitative estimate of drug-likeness (QED) is 0.450. The highest BCUT2D eigenvalue weighted by atomic mass is 79.9. The molecule has 1 atom stereocenters. The van der Waals surface area contributed by atoms with Gasteiger partial charge in [-0.1, -0.05) is 34.5 Å². The number of carbonyl (C=O) groups excluding carboxylic acids is 1. The van der Waals surface area contributed by atoms with Gasteiger partial charge in [0.15, 0.2) is 17.4 Å². The Morgan fingerprint density at radius 1 is 1.08 bits per heavy atom. The van der Waals surface area contributed by atoms with Gasteiger partial charge in [-0.05, 0) is 54.0 Å². The first-order valence-electron chi connectivity index (χ1n) is 7.90. The molecular formula is C19H17BrF2OS. The minimum absolute atomic E-state index is 0.169. The average Bonchev–Trinajstić information content (AvgIpc) is 2.63. The van der Waals surface area contributed by atoms with Crippen LogP contribution >= 0.6 is 27.7 Å². The summed E-state index contributed by atoms with van der Waals surface area (Å²) < 4.78 is 26.5. The predicted octanol–water partition coefficient (Wildman–Crippen LogP) is 6.05. The molecule has 0 aliphatic carbocycles. The van der Waals surface area contributed by atoms with Crippen molar-refractivity contribution < 1.29 is 13.6 Å². The largest absolute Gasteiger partial charge is 0.289 e. The summed E-state index contributed by atoms with van der Waals surface area (Å²) in [4.78, 5) is 12.6. The average molecular weight is 411 g/mol. The third kappa shape index (κ3) is 3.72. The zero-order valence-corrected chi connectivity index (χ0v) is 15.4. The molecule has 126 valence electrons. The van der Waals surface area contributed by atoms with Crippen LogP contribution in [-0.2, 0) is 5.33 Å². The summed E-state index contributed by atoms with van der Waals surface area (Å²) in [5.74, 6) is -1.09. The van der Waals surface area contributed by atoms with Crippen LogP contribution < -0.4 is 0 Å². The molecule has 0 bridgehead atoms. The van der Waals surface area contributed by atoms with E-state index in [1.54, 1.807) is 6.07 Å². The molecule has 1 aliphatic rings. The van der Waals surface area contributed by atoms with Gasteiger partial charge in [0.2, 0.25) is 0 Å². The van der Waals surface area contributed by atoms with Crippen molar-refractivity contribution in [3.8, 4) is 0 Å². The highest BCUT2D eigenvalue weighted by Gasteiger charge is 2.21. The van der Waals surface area contributed by atoms with Crippen molar-refractivity contribution in [1.82, 2.24) is 0 Å². The highest BCUT2D eigenvalue weighted by molar-refractivity contribution is 9.08. The van der Waals surface area contributed by atoms with Gasteiger partial charge in [0.05, 0.1) is 0 Å². The van der Waals surface area contributed by atoms with Crippen LogP contribution in [0.2, 0.25) is 0 Å². The van der Waals surface area contributed by atoms with Crippen LogP contribution in [0.15, 0.2) is 36.4 Å². The number of alkyl halides is 1. The van der Waals surface area contributed by atoms with Crippen molar-refractivity contribution >= 4 is 33.5 Å². The van der Waals surface area contributed by atoms with E-state index in [0.717, 1.165) is 29.6 Å². The first-order valence-corrected chi connectivity index (χ1v) is 10.1. The van der Waals surface area contributed by atoms with Crippen LogP contribution in [0.5, 0.6) is 0 Å². The maximum absolute atomic E-state index is 13.4. The van der Waals surface area contributed by atoms with E-state index < -0.39 is 11.6 Å². The fourth-order valence-electron chi connectivity index (χ4n) is 2.95. The first kappa shape index (κ1) is 17.6. The normalized spacial score (nSPS) is 17.7. The molecule has 0 radical (unpaired) electrons. The fraction of sp³-hybridized carbons (Fsp3) is 0.316. The molecule has 2 aromatic rings. The zero-order chi connectivity index (χ0) is 17.1. The predicted molar refractivity (Wildman–Crippen MR) is 97.9 cm³/mol. The van der Waals surface area contributed by atoms with Gasteiger partial charge < -0.3 is 0 Å². The van der Waals surface area contributed by atoms with Crippen molar-refractivity contribution in [1.29, 1.82) is 0 Å². The molecule has 0 spiro atoms. The first-order chi connectivity index (χ1) is 11.6. The summed E-state index contributed by atoms with van der Waals surface area (Å²) in [5.41, 5.74) is 3.04. The summed E-state index contributed by atoms with van der Waals surface area (Å²) >= 11 is 5.44. The van der Waals surface area contributed by atoms with Gasteiger partial charge in [-0.15, -0.1) is 0 Å². The van der Waals surface area contributed by atoms with Crippen molar-refractivity contribution in [2.24, 2.45) is 0 Å². The second-order valence-corrected chi connectivity index (χ2v) is 7.73. The number of ketones is 1. The van der Waals surface area contributed by atoms with Crippen molar-refractivity contribution in [3.63, 3.8) is 0 Å². The minimum atomic E-state index is -0.999. The summed E-state index contributed by atoms with van der Waals surface area (Å²) in [6, 6.07) is 8.92. The molecule has 0 N–H and O–H groups in total. The molecule has 1 unspecified atom stereocenters. The monoisotopic (exact) mass is 410 g/mol. The summed E-state index contributed by atoms with van der Waals surface area (Å²) in [6.07, 6.45) is 3.53. The van der Waals surface area contributed by atoms with Gasteiger partial charge in [0, 0.05) is 21.7 Å². The van der Waals surface area contributed by atoms with Crippen LogP contribution in [0.3, 0.4) is 0 Å². The van der Waals surface area contributed by atoms with E-state index in [2.05, 4.69) is 15.9 Å². The van der Waals surface area contributed by atoms with E-state index in [4.69, 9.17) is 0 Å². The van der Waals surface area contributed by atoms with Gasteiger partial charge in [-0.2, -0.15) is 11.8 Å². The van der Waals surface area contributed by atoms with Gasteiger partial charge in [-0.25, -0.2) is 8.78 Å². The number of hydrogen-bond donors (Lipinski definition) is 0. The lowest BCUT2D eigenvalue weighted by Gasteiger charge is -2.24. The Balaban J connectivity index is 1.95. The summed E-state index contributed by atoms with van der Waals surface area (Å²) in [5, 5.41) is 1.13. The number of benzene rings is 2. The van der Waals surface area contributed by atoms with Crippen LogP contribution in [0, 0.1) is 11.6 Å². The Kier molecular flexibility index (Phi) is 5.72. The lowest BCUT2D eigenvalue weighted by atomic mass is 9.95. The lowest BCUT2D eigenvalue weighted by Crippen LogP contribution is -2.08. The summed E-state index contributed by atoms with van der Waals surface area (Å²) in [6.45, 7) is 0. The highest BCUT2D eigenvalue weighted by Crippen LogP contribution is 2.40. The third-order valence-electron chi connectivity index (χ3n) is 4.26. The smallest absolute Gasteiger partial charge is 0.193 e. The number of rotatable bonds is 4. The number of carbonyl (C=O) groups is 1. The molecule has 5 heteroatoms. The number of halogens is 3. The maximum Gasteiger partial charge on any atom is 0.193 e. The topological polar surface area (TPSA) is 17.1 Å². The molecule has 1 aliphatic heterocycles. The van der Waals surface area contributed by atoms with Gasteiger partial charge in [0.25, 0.3) is 0 Å². The molecule has 1 nitrogen and oxygen atoms in total. The van der Waals surface area contributed by atoms with Crippen LogP contribution in [-0.4, -0.2) is 11.5 Å². The number of hydrogen-bond acceptors (Lipinski definition) is 2. The van der Waals surface area contributed by atoms with Crippen LogP contribution in [0.4, 0.5) is 8.78 Å². The molecule has 24 heavy (non-hydrogen) atoms. The standard InChI is InChI=1S/C19H17BrF2OS/c20-11-14-5-4-12(9-15(14)18-3-1-2-8-24-18)19(23)13-6-7-16(21)17(22)10-13/h4-7,9-10,18H,1-3,8,11H2. The SMILES string of the molecule is O=C(c1ccc(F)c(F)c1)c1ccc(CBr)c(C2CCCCS2)c1. The van der Waals surface area contributed by atoms with E-state index in [1.807, 2.05) is 23.9 Å². The minimum Gasteiger partial charge on any atom is -0.289 e. The Labute approximate surface area is 153 Å². The van der Waals surface area contributed by atoms with E-state index in [1.165, 1.54) is 30.0 Å². The molecular weight excluding hydrogens is 394 g/mol. The molecule has 0 aromatic heterocycles. The molecule has 1 heterocycles. The van der Waals surface area contributed by atoms with Gasteiger partial charge >= 0.3 is 0 Å². The van der Waals surface area contributed by atoms with Crippen LogP contribution in [0.1, 0.15) is 51.6 Å². The molecule has 3 rings (SSSR count). The third-order valence-corrected chi connectivity index (χ3v) is 6.28.